The molecule has 120 valence electrons. The minimum atomic E-state index is -0.594. The number of aliphatic imine (C=N–C) groups is 1. The Hall–Kier alpha value is -1.71. The van der Waals surface area contributed by atoms with Gasteiger partial charge >= 0.3 is 0 Å². The number of hydrogen-bond donors (Lipinski definition) is 1. The molecule has 0 aliphatic carbocycles. The zero-order valence-corrected chi connectivity index (χ0v) is 14.5. The van der Waals surface area contributed by atoms with Crippen molar-refractivity contribution in [1.29, 1.82) is 0 Å². The van der Waals surface area contributed by atoms with Crippen molar-refractivity contribution in [3.05, 3.63) is 53.4 Å². The van der Waals surface area contributed by atoms with Crippen LogP contribution in [0.1, 0.15) is 11.3 Å². The summed E-state index contributed by atoms with van der Waals surface area (Å²) in [6.07, 6.45) is 1.49. The van der Waals surface area contributed by atoms with E-state index >= 15 is 0 Å². The fraction of sp³-hybridized carbons (Fsp3) is 0.286. The monoisotopic (exact) mass is 422 g/mol. The second kappa shape index (κ2) is 8.66. The molecule has 0 aliphatic rings. The number of halogens is 3. The molecule has 0 atom stereocenters. The van der Waals surface area contributed by atoms with Gasteiger partial charge in [-0.15, -0.1) is 24.0 Å². The van der Waals surface area contributed by atoms with E-state index in [0.29, 0.717) is 18.1 Å². The molecule has 0 fully saturated rings. The Morgan fingerprint density at radius 3 is 2.73 bits per heavy atom. The molecule has 8 heteroatoms. The average molecular weight is 422 g/mol. The highest BCUT2D eigenvalue weighted by Gasteiger charge is 2.10. The van der Waals surface area contributed by atoms with Gasteiger partial charge in [0.15, 0.2) is 5.96 Å². The van der Waals surface area contributed by atoms with Gasteiger partial charge in [0.1, 0.15) is 23.6 Å². The molecule has 1 heterocycles. The average Bonchev–Trinajstić information content (AvgIpc) is 2.94. The standard InChI is InChI=1S/C14H16F2N4O.HI/c1-17-14(20(2)9-12-5-6-21-19-12)18-8-10-3-4-11(15)7-13(10)16;/h3-7H,8-9H2,1-2H3,(H,17,18);1H. The van der Waals surface area contributed by atoms with Crippen LogP contribution in [0.5, 0.6) is 0 Å². The summed E-state index contributed by atoms with van der Waals surface area (Å²) in [6, 6.07) is 5.24. The van der Waals surface area contributed by atoms with E-state index in [0.717, 1.165) is 11.8 Å². The number of aromatic nitrogens is 1. The lowest BCUT2D eigenvalue weighted by Gasteiger charge is -2.21. The number of benzene rings is 1. The topological polar surface area (TPSA) is 53.7 Å². The molecular formula is C14H17F2IN4O. The van der Waals surface area contributed by atoms with Gasteiger partial charge in [0, 0.05) is 38.3 Å². The van der Waals surface area contributed by atoms with Crippen LogP contribution in [0, 0.1) is 11.6 Å². The zero-order valence-electron chi connectivity index (χ0n) is 12.2. The SMILES string of the molecule is CN=C(NCc1ccc(F)cc1F)N(C)Cc1ccon1.I. The first-order valence-electron chi connectivity index (χ1n) is 6.35. The summed E-state index contributed by atoms with van der Waals surface area (Å²) >= 11 is 0. The minimum absolute atomic E-state index is 0. The van der Waals surface area contributed by atoms with Gasteiger partial charge < -0.3 is 14.7 Å². The molecule has 0 saturated heterocycles. The number of rotatable bonds is 4. The lowest BCUT2D eigenvalue weighted by molar-refractivity contribution is 0.391. The fourth-order valence-electron chi connectivity index (χ4n) is 1.86. The molecule has 0 spiro atoms. The Kier molecular flexibility index (Phi) is 7.22. The Balaban J connectivity index is 0.00000242. The summed E-state index contributed by atoms with van der Waals surface area (Å²) in [5, 5.41) is 6.83. The van der Waals surface area contributed by atoms with Crippen molar-refractivity contribution in [3.8, 4) is 0 Å². The Morgan fingerprint density at radius 2 is 2.14 bits per heavy atom. The van der Waals surface area contributed by atoms with Gasteiger partial charge in [-0.05, 0) is 6.07 Å². The first kappa shape index (κ1) is 18.3. The van der Waals surface area contributed by atoms with Crippen molar-refractivity contribution in [1.82, 2.24) is 15.4 Å². The first-order valence-corrected chi connectivity index (χ1v) is 6.35. The van der Waals surface area contributed by atoms with Gasteiger partial charge in [-0.1, -0.05) is 11.2 Å². The van der Waals surface area contributed by atoms with Crippen LogP contribution < -0.4 is 5.32 Å². The Morgan fingerprint density at radius 1 is 1.36 bits per heavy atom. The normalized spacial score (nSPS) is 11.0. The highest BCUT2D eigenvalue weighted by Crippen LogP contribution is 2.09. The van der Waals surface area contributed by atoms with Crippen LogP contribution >= 0.6 is 24.0 Å². The maximum Gasteiger partial charge on any atom is 0.194 e. The van der Waals surface area contributed by atoms with E-state index < -0.39 is 11.6 Å². The smallest absolute Gasteiger partial charge is 0.194 e. The highest BCUT2D eigenvalue weighted by atomic mass is 127. The number of guanidine groups is 1. The quantitative estimate of drug-likeness (QED) is 0.468. The van der Waals surface area contributed by atoms with Crippen LogP contribution in [0.3, 0.4) is 0 Å². The summed E-state index contributed by atoms with van der Waals surface area (Å²) < 4.78 is 31.2. The van der Waals surface area contributed by atoms with E-state index in [1.807, 2.05) is 11.9 Å². The van der Waals surface area contributed by atoms with E-state index in [9.17, 15) is 8.78 Å². The molecule has 2 rings (SSSR count). The molecule has 5 nitrogen and oxygen atoms in total. The third kappa shape index (κ3) is 4.93. The van der Waals surface area contributed by atoms with E-state index in [1.165, 1.54) is 18.4 Å². The second-order valence-electron chi connectivity index (χ2n) is 4.48. The van der Waals surface area contributed by atoms with E-state index in [1.54, 1.807) is 13.1 Å². The van der Waals surface area contributed by atoms with Crippen LogP contribution in [0.15, 0.2) is 40.0 Å². The van der Waals surface area contributed by atoms with Crippen LogP contribution in [0.2, 0.25) is 0 Å². The third-order valence-electron chi connectivity index (χ3n) is 2.92. The van der Waals surface area contributed by atoms with Crippen LogP contribution in [0.4, 0.5) is 8.78 Å². The van der Waals surface area contributed by atoms with Crippen molar-refractivity contribution >= 4 is 29.9 Å². The molecule has 0 aliphatic heterocycles. The summed E-state index contributed by atoms with van der Waals surface area (Å²) in [7, 11) is 3.45. The van der Waals surface area contributed by atoms with Gasteiger partial charge in [0.25, 0.3) is 0 Å². The zero-order chi connectivity index (χ0) is 15.2. The molecule has 0 unspecified atom stereocenters. The van der Waals surface area contributed by atoms with Crippen molar-refractivity contribution in [2.75, 3.05) is 14.1 Å². The van der Waals surface area contributed by atoms with E-state index in [-0.39, 0.29) is 30.5 Å². The summed E-state index contributed by atoms with van der Waals surface area (Å²) in [5.74, 6) is -0.609. The van der Waals surface area contributed by atoms with Crippen molar-refractivity contribution < 1.29 is 13.3 Å². The minimum Gasteiger partial charge on any atom is -0.364 e. The molecule has 22 heavy (non-hydrogen) atoms. The fourth-order valence-corrected chi connectivity index (χ4v) is 1.86. The Bertz CT molecular complexity index is 619. The molecule has 0 bridgehead atoms. The lowest BCUT2D eigenvalue weighted by atomic mass is 10.2. The van der Waals surface area contributed by atoms with Gasteiger partial charge in [-0.3, -0.25) is 4.99 Å². The second-order valence-corrected chi connectivity index (χ2v) is 4.48. The molecule has 0 amide bonds. The third-order valence-corrected chi connectivity index (χ3v) is 2.92. The van der Waals surface area contributed by atoms with Gasteiger partial charge in [0.2, 0.25) is 0 Å². The van der Waals surface area contributed by atoms with Gasteiger partial charge in [-0.25, -0.2) is 8.78 Å². The van der Waals surface area contributed by atoms with Crippen LogP contribution in [-0.4, -0.2) is 30.1 Å². The number of hydrogen-bond acceptors (Lipinski definition) is 3. The van der Waals surface area contributed by atoms with Crippen molar-refractivity contribution in [3.63, 3.8) is 0 Å². The Labute approximate surface area is 144 Å². The lowest BCUT2D eigenvalue weighted by Crippen LogP contribution is -2.38. The molecule has 0 radical (unpaired) electrons. The highest BCUT2D eigenvalue weighted by molar-refractivity contribution is 14.0. The first-order chi connectivity index (χ1) is 10.1. The molecule has 1 N–H and O–H groups in total. The molecule has 1 aromatic carbocycles. The van der Waals surface area contributed by atoms with E-state index in [4.69, 9.17) is 4.52 Å². The van der Waals surface area contributed by atoms with Gasteiger partial charge in [0.05, 0.1) is 6.54 Å². The molecule has 0 saturated carbocycles. The summed E-state index contributed by atoms with van der Waals surface area (Å²) in [4.78, 5) is 5.93. The molecular weight excluding hydrogens is 405 g/mol. The predicted octanol–water partition coefficient (Wildman–Crippen LogP) is 2.78. The number of nitrogens with one attached hydrogen (secondary N) is 1. The van der Waals surface area contributed by atoms with Crippen LogP contribution in [-0.2, 0) is 13.1 Å². The molecule has 1 aromatic heterocycles. The maximum atomic E-state index is 13.6. The van der Waals surface area contributed by atoms with Gasteiger partial charge in [-0.2, -0.15) is 0 Å². The predicted molar refractivity (Wildman–Crippen MR) is 89.9 cm³/mol. The molecule has 2 aromatic rings. The number of nitrogens with zero attached hydrogens (tertiary/aromatic N) is 3. The van der Waals surface area contributed by atoms with Crippen molar-refractivity contribution in [2.45, 2.75) is 13.1 Å². The largest absolute Gasteiger partial charge is 0.364 e. The van der Waals surface area contributed by atoms with Crippen molar-refractivity contribution in [2.24, 2.45) is 4.99 Å². The van der Waals surface area contributed by atoms with Crippen LogP contribution in [0.25, 0.3) is 0 Å². The van der Waals surface area contributed by atoms with E-state index in [2.05, 4.69) is 15.5 Å². The summed E-state index contributed by atoms with van der Waals surface area (Å²) in [5.41, 5.74) is 1.13. The summed E-state index contributed by atoms with van der Waals surface area (Å²) in [6.45, 7) is 0.712. The maximum absolute atomic E-state index is 13.6.